The first-order chi connectivity index (χ1) is 11.5. The molecule has 8 heteroatoms. The van der Waals surface area contributed by atoms with Crippen LogP contribution in [-0.2, 0) is 11.3 Å². The molecule has 1 heterocycles. The standard InChI is InChI=1S/C17H26N4O3.HI/c1-12(2)8-18-17(20-10-16(22)21(3)4)19-9-13-5-6-14-15(7-13)24-11-23-14;/h5-7,12H,8-11H2,1-4H3,(H2,18,19,20);1H. The predicted molar refractivity (Wildman–Crippen MR) is 109 cm³/mol. The zero-order valence-electron chi connectivity index (χ0n) is 15.2. The topological polar surface area (TPSA) is 75.2 Å². The van der Waals surface area contributed by atoms with Gasteiger partial charge >= 0.3 is 0 Å². The van der Waals surface area contributed by atoms with Crippen molar-refractivity contribution in [1.29, 1.82) is 0 Å². The van der Waals surface area contributed by atoms with Crippen molar-refractivity contribution < 1.29 is 14.3 Å². The third kappa shape index (κ3) is 6.97. The van der Waals surface area contributed by atoms with Gasteiger partial charge in [-0.1, -0.05) is 19.9 Å². The van der Waals surface area contributed by atoms with Crippen LogP contribution in [0.2, 0.25) is 0 Å². The van der Waals surface area contributed by atoms with E-state index in [-0.39, 0.29) is 43.2 Å². The number of carbonyl (C=O) groups excluding carboxylic acids is 1. The van der Waals surface area contributed by atoms with Crippen LogP contribution < -0.4 is 20.1 Å². The second-order valence-corrected chi connectivity index (χ2v) is 6.27. The van der Waals surface area contributed by atoms with E-state index in [1.807, 2.05) is 18.2 Å². The first-order valence-corrected chi connectivity index (χ1v) is 8.06. The first kappa shape index (κ1) is 21.3. The van der Waals surface area contributed by atoms with E-state index in [4.69, 9.17) is 9.47 Å². The van der Waals surface area contributed by atoms with Crippen molar-refractivity contribution in [3.63, 3.8) is 0 Å². The molecule has 0 radical (unpaired) electrons. The molecule has 1 aromatic carbocycles. The van der Waals surface area contributed by atoms with E-state index in [9.17, 15) is 4.79 Å². The van der Waals surface area contributed by atoms with E-state index in [0.717, 1.165) is 23.6 Å². The molecule has 0 aliphatic carbocycles. The van der Waals surface area contributed by atoms with Gasteiger partial charge in [-0.15, -0.1) is 24.0 Å². The normalized spacial score (nSPS) is 12.6. The van der Waals surface area contributed by atoms with Gasteiger partial charge in [0.1, 0.15) is 0 Å². The zero-order chi connectivity index (χ0) is 17.5. The number of halogens is 1. The van der Waals surface area contributed by atoms with E-state index in [2.05, 4.69) is 29.5 Å². The number of aliphatic imine (C=N–C) groups is 1. The molecule has 140 valence electrons. The number of nitrogens with zero attached hydrogens (tertiary/aromatic N) is 2. The summed E-state index contributed by atoms with van der Waals surface area (Å²) in [5, 5.41) is 6.32. The van der Waals surface area contributed by atoms with Crippen LogP contribution in [0.1, 0.15) is 19.4 Å². The van der Waals surface area contributed by atoms with E-state index in [0.29, 0.717) is 18.4 Å². The fraction of sp³-hybridized carbons (Fsp3) is 0.529. The van der Waals surface area contributed by atoms with Crippen LogP contribution in [0.25, 0.3) is 0 Å². The second-order valence-electron chi connectivity index (χ2n) is 6.27. The van der Waals surface area contributed by atoms with Gasteiger partial charge in [0.25, 0.3) is 0 Å². The molecule has 0 atom stereocenters. The number of guanidine groups is 1. The lowest BCUT2D eigenvalue weighted by Crippen LogP contribution is -2.44. The molecular formula is C17H27IN4O3. The average Bonchev–Trinajstić information content (AvgIpc) is 3.01. The largest absolute Gasteiger partial charge is 0.454 e. The van der Waals surface area contributed by atoms with Crippen molar-refractivity contribution in [2.45, 2.75) is 20.4 Å². The summed E-state index contributed by atoms with van der Waals surface area (Å²) in [5.41, 5.74) is 1.02. The van der Waals surface area contributed by atoms with Crippen LogP contribution in [-0.4, -0.2) is 50.7 Å². The predicted octanol–water partition coefficient (Wildman–Crippen LogP) is 1.81. The minimum absolute atomic E-state index is 0. The lowest BCUT2D eigenvalue weighted by Gasteiger charge is -2.16. The van der Waals surface area contributed by atoms with Gasteiger partial charge in [-0.25, -0.2) is 4.99 Å². The maximum absolute atomic E-state index is 11.7. The minimum Gasteiger partial charge on any atom is -0.454 e. The van der Waals surface area contributed by atoms with Gasteiger partial charge in [0.15, 0.2) is 17.5 Å². The van der Waals surface area contributed by atoms with Crippen LogP contribution in [0.3, 0.4) is 0 Å². The zero-order valence-corrected chi connectivity index (χ0v) is 17.5. The monoisotopic (exact) mass is 462 g/mol. The van der Waals surface area contributed by atoms with Gasteiger partial charge in [-0.3, -0.25) is 4.79 Å². The molecule has 0 spiro atoms. The molecule has 1 amide bonds. The molecule has 0 bridgehead atoms. The number of likely N-dealkylation sites (N-methyl/N-ethyl adjacent to an activating group) is 1. The fourth-order valence-electron chi connectivity index (χ4n) is 2.00. The summed E-state index contributed by atoms with van der Waals surface area (Å²) in [6, 6.07) is 5.77. The highest BCUT2D eigenvalue weighted by molar-refractivity contribution is 14.0. The number of carbonyl (C=O) groups is 1. The van der Waals surface area contributed by atoms with Crippen LogP contribution in [0.15, 0.2) is 23.2 Å². The van der Waals surface area contributed by atoms with E-state index < -0.39 is 0 Å². The molecule has 1 aromatic rings. The Morgan fingerprint density at radius 1 is 1.24 bits per heavy atom. The van der Waals surface area contributed by atoms with Gasteiger partial charge in [0.2, 0.25) is 12.7 Å². The molecule has 0 fully saturated rings. The van der Waals surface area contributed by atoms with Gasteiger partial charge in [-0.2, -0.15) is 0 Å². The first-order valence-electron chi connectivity index (χ1n) is 8.06. The maximum atomic E-state index is 11.7. The summed E-state index contributed by atoms with van der Waals surface area (Å²) >= 11 is 0. The molecule has 25 heavy (non-hydrogen) atoms. The Morgan fingerprint density at radius 3 is 2.64 bits per heavy atom. The van der Waals surface area contributed by atoms with Crippen molar-refractivity contribution in [3.05, 3.63) is 23.8 Å². The van der Waals surface area contributed by atoms with Gasteiger partial charge in [-0.05, 0) is 23.6 Å². The molecule has 0 aromatic heterocycles. The molecular weight excluding hydrogens is 435 g/mol. The van der Waals surface area contributed by atoms with Crippen molar-refractivity contribution in [3.8, 4) is 11.5 Å². The van der Waals surface area contributed by atoms with Crippen molar-refractivity contribution in [2.24, 2.45) is 10.9 Å². The number of hydrogen-bond donors (Lipinski definition) is 2. The van der Waals surface area contributed by atoms with Gasteiger partial charge in [0.05, 0.1) is 13.1 Å². The Balaban J connectivity index is 0.00000312. The Morgan fingerprint density at radius 2 is 1.96 bits per heavy atom. The summed E-state index contributed by atoms with van der Waals surface area (Å²) in [4.78, 5) is 17.8. The number of rotatable bonds is 6. The lowest BCUT2D eigenvalue weighted by atomic mass is 10.2. The van der Waals surface area contributed by atoms with Crippen LogP contribution >= 0.6 is 24.0 Å². The summed E-state index contributed by atoms with van der Waals surface area (Å²) < 4.78 is 10.7. The third-order valence-corrected chi connectivity index (χ3v) is 3.44. The summed E-state index contributed by atoms with van der Waals surface area (Å²) in [6.45, 7) is 5.97. The Hall–Kier alpha value is -1.71. The Labute approximate surface area is 166 Å². The quantitative estimate of drug-likeness (QED) is 0.383. The number of fused-ring (bicyclic) bond motifs is 1. The van der Waals surface area contributed by atoms with Crippen molar-refractivity contribution >= 4 is 35.8 Å². The molecule has 1 aliphatic heterocycles. The van der Waals surface area contributed by atoms with Crippen LogP contribution in [0.4, 0.5) is 0 Å². The summed E-state index contributed by atoms with van der Waals surface area (Å²) in [7, 11) is 3.46. The van der Waals surface area contributed by atoms with Crippen LogP contribution in [0.5, 0.6) is 11.5 Å². The highest BCUT2D eigenvalue weighted by Crippen LogP contribution is 2.32. The van der Waals surface area contributed by atoms with Crippen LogP contribution in [0, 0.1) is 5.92 Å². The minimum atomic E-state index is -0.00266. The Kier molecular flexibility index (Phi) is 8.81. The molecule has 1 aliphatic rings. The molecule has 0 saturated carbocycles. The Bertz CT molecular complexity index is 606. The fourth-order valence-corrected chi connectivity index (χ4v) is 2.00. The van der Waals surface area contributed by atoms with Crippen molar-refractivity contribution in [2.75, 3.05) is 34.0 Å². The highest BCUT2D eigenvalue weighted by atomic mass is 127. The van der Waals surface area contributed by atoms with Gasteiger partial charge < -0.3 is 25.0 Å². The number of nitrogens with one attached hydrogen (secondary N) is 2. The molecule has 0 saturated heterocycles. The van der Waals surface area contributed by atoms with E-state index >= 15 is 0 Å². The van der Waals surface area contributed by atoms with Crippen molar-refractivity contribution in [1.82, 2.24) is 15.5 Å². The summed E-state index contributed by atoms with van der Waals surface area (Å²) in [6.07, 6.45) is 0. The van der Waals surface area contributed by atoms with E-state index in [1.54, 1.807) is 19.0 Å². The molecule has 2 rings (SSSR count). The maximum Gasteiger partial charge on any atom is 0.241 e. The summed E-state index contributed by atoms with van der Waals surface area (Å²) in [5.74, 6) is 2.60. The smallest absolute Gasteiger partial charge is 0.241 e. The number of benzene rings is 1. The SMILES string of the molecule is CC(C)CNC(=NCc1ccc2c(c1)OCO2)NCC(=O)N(C)C.I. The van der Waals surface area contributed by atoms with E-state index in [1.165, 1.54) is 0 Å². The number of ether oxygens (including phenoxy) is 2. The molecule has 2 N–H and O–H groups in total. The lowest BCUT2D eigenvalue weighted by molar-refractivity contribution is -0.127. The molecule has 0 unspecified atom stereocenters. The highest BCUT2D eigenvalue weighted by Gasteiger charge is 2.13. The number of hydrogen-bond acceptors (Lipinski definition) is 4. The van der Waals surface area contributed by atoms with Gasteiger partial charge in [0, 0.05) is 20.6 Å². The average molecular weight is 462 g/mol. The molecule has 7 nitrogen and oxygen atoms in total. The second kappa shape index (κ2) is 10.3. The third-order valence-electron chi connectivity index (χ3n) is 3.44. The number of amides is 1.